The number of aryl methyl sites for hydroxylation is 1. The van der Waals surface area contributed by atoms with Gasteiger partial charge in [-0.3, -0.25) is 0 Å². The first-order valence-corrected chi connectivity index (χ1v) is 7.74. The van der Waals surface area contributed by atoms with Gasteiger partial charge in [0.15, 0.2) is 0 Å². The molecule has 3 aromatic rings. The molecule has 0 atom stereocenters. The number of rotatable bonds is 5. The fourth-order valence-electron chi connectivity index (χ4n) is 2.65. The van der Waals surface area contributed by atoms with Crippen molar-refractivity contribution in [1.29, 1.82) is 5.26 Å². The van der Waals surface area contributed by atoms with Crippen LogP contribution in [0.2, 0.25) is 0 Å². The van der Waals surface area contributed by atoms with Crippen molar-refractivity contribution in [2.24, 2.45) is 0 Å². The summed E-state index contributed by atoms with van der Waals surface area (Å²) < 4.78 is 5.54. The second-order valence-electron chi connectivity index (χ2n) is 5.47. The number of ether oxygens (including phenoxy) is 1. The lowest BCUT2D eigenvalue weighted by molar-refractivity contribution is 0.301. The molecule has 0 fully saturated rings. The van der Waals surface area contributed by atoms with E-state index in [1.165, 1.54) is 21.9 Å². The predicted octanol–water partition coefficient (Wildman–Crippen LogP) is 4.89. The third-order valence-electron chi connectivity index (χ3n) is 3.87. The molecule has 0 amide bonds. The molecule has 0 N–H and O–H groups in total. The van der Waals surface area contributed by atoms with Gasteiger partial charge in [-0.15, -0.1) is 0 Å². The number of benzene rings is 2. The zero-order valence-corrected chi connectivity index (χ0v) is 13.1. The quantitative estimate of drug-likeness (QED) is 0.630. The molecule has 0 bridgehead atoms. The zero-order valence-electron chi connectivity index (χ0n) is 13.1. The number of hydrogen-bond acceptors (Lipinski definition) is 3. The highest BCUT2D eigenvalue weighted by Crippen LogP contribution is 2.30. The number of unbranched alkanes of at least 4 members (excludes halogenated alkanes) is 1. The van der Waals surface area contributed by atoms with Gasteiger partial charge in [0.1, 0.15) is 0 Å². The molecule has 0 spiro atoms. The van der Waals surface area contributed by atoms with Crippen molar-refractivity contribution in [3.63, 3.8) is 0 Å². The van der Waals surface area contributed by atoms with Gasteiger partial charge in [-0.05, 0) is 41.3 Å². The first-order valence-electron chi connectivity index (χ1n) is 7.74. The van der Waals surface area contributed by atoms with Crippen molar-refractivity contribution < 1.29 is 4.74 Å². The Hall–Kier alpha value is -2.86. The molecule has 3 rings (SSSR count). The summed E-state index contributed by atoms with van der Waals surface area (Å²) in [5, 5.41) is 11.0. The van der Waals surface area contributed by atoms with Crippen LogP contribution in [-0.4, -0.2) is 11.6 Å². The Morgan fingerprint density at radius 1 is 1.04 bits per heavy atom. The van der Waals surface area contributed by atoms with E-state index in [1.807, 2.05) is 18.3 Å². The lowest BCUT2D eigenvalue weighted by Gasteiger charge is -2.10. The van der Waals surface area contributed by atoms with Gasteiger partial charge in [-0.2, -0.15) is 5.26 Å². The lowest BCUT2D eigenvalue weighted by atomic mass is 9.96. The van der Waals surface area contributed by atoms with Gasteiger partial charge in [0, 0.05) is 24.2 Å². The molecule has 3 heteroatoms. The molecule has 0 unspecified atom stereocenters. The Kier molecular flexibility index (Phi) is 4.54. The van der Waals surface area contributed by atoms with Crippen LogP contribution in [0.1, 0.15) is 18.4 Å². The van der Waals surface area contributed by atoms with Gasteiger partial charge in [-0.1, -0.05) is 36.4 Å². The predicted molar refractivity (Wildman–Crippen MR) is 92.3 cm³/mol. The maximum absolute atomic E-state index is 8.51. The maximum atomic E-state index is 8.51. The van der Waals surface area contributed by atoms with Crippen LogP contribution < -0.4 is 4.74 Å². The van der Waals surface area contributed by atoms with E-state index in [-0.39, 0.29) is 0 Å². The minimum atomic E-state index is 0.507. The highest BCUT2D eigenvalue weighted by molar-refractivity contribution is 5.98. The van der Waals surface area contributed by atoms with E-state index in [1.54, 1.807) is 0 Å². The van der Waals surface area contributed by atoms with Crippen LogP contribution in [0.15, 0.2) is 54.7 Å². The molecule has 0 saturated carbocycles. The van der Waals surface area contributed by atoms with Crippen LogP contribution in [0.25, 0.3) is 21.9 Å². The molecule has 0 aliphatic carbocycles. The normalized spacial score (nSPS) is 10.4. The standard InChI is InChI=1S/C20H18N2O/c1-15-8-10-18(19-7-3-2-6-17(15)19)16-9-11-20(22-14-16)23-13-5-4-12-21/h2-3,6-11,14H,4-5,13H2,1H3. The van der Waals surface area contributed by atoms with Crippen molar-refractivity contribution in [2.75, 3.05) is 6.61 Å². The van der Waals surface area contributed by atoms with Gasteiger partial charge < -0.3 is 4.74 Å². The molecule has 1 heterocycles. The fourth-order valence-corrected chi connectivity index (χ4v) is 2.65. The summed E-state index contributed by atoms with van der Waals surface area (Å²) in [6.07, 6.45) is 3.08. The molecule has 1 aromatic heterocycles. The first kappa shape index (κ1) is 15.1. The number of nitriles is 1. The summed E-state index contributed by atoms with van der Waals surface area (Å²) in [7, 11) is 0. The summed E-state index contributed by atoms with van der Waals surface area (Å²) in [4.78, 5) is 4.38. The molecule has 0 radical (unpaired) electrons. The summed E-state index contributed by atoms with van der Waals surface area (Å²) in [5.41, 5.74) is 3.52. The van der Waals surface area contributed by atoms with E-state index in [9.17, 15) is 0 Å². The molecule has 0 aliphatic heterocycles. The highest BCUT2D eigenvalue weighted by Gasteiger charge is 2.06. The van der Waals surface area contributed by atoms with Crippen LogP contribution in [-0.2, 0) is 0 Å². The molecular formula is C20H18N2O. The van der Waals surface area contributed by atoms with E-state index in [0.717, 1.165) is 12.0 Å². The third kappa shape index (κ3) is 3.32. The maximum Gasteiger partial charge on any atom is 0.213 e. The number of hydrogen-bond donors (Lipinski definition) is 0. The SMILES string of the molecule is Cc1ccc(-c2ccc(OCCCC#N)nc2)c2ccccc12. The fraction of sp³-hybridized carbons (Fsp3) is 0.200. The lowest BCUT2D eigenvalue weighted by Crippen LogP contribution is -1.98. The van der Waals surface area contributed by atoms with Gasteiger partial charge in [0.25, 0.3) is 0 Å². The topological polar surface area (TPSA) is 45.9 Å². The second-order valence-corrected chi connectivity index (χ2v) is 5.47. The van der Waals surface area contributed by atoms with Crippen molar-refractivity contribution in [3.8, 4) is 23.1 Å². The number of aromatic nitrogens is 1. The Morgan fingerprint density at radius 3 is 2.61 bits per heavy atom. The summed E-state index contributed by atoms with van der Waals surface area (Å²) in [5.74, 6) is 0.600. The molecule has 114 valence electrons. The molecule has 0 saturated heterocycles. The van der Waals surface area contributed by atoms with Crippen molar-refractivity contribution in [1.82, 2.24) is 4.98 Å². The Balaban J connectivity index is 1.86. The number of pyridine rings is 1. The zero-order chi connectivity index (χ0) is 16.1. The van der Waals surface area contributed by atoms with E-state index in [4.69, 9.17) is 10.00 Å². The average Bonchev–Trinajstić information content (AvgIpc) is 2.60. The Labute approximate surface area is 136 Å². The van der Waals surface area contributed by atoms with Crippen molar-refractivity contribution in [3.05, 3.63) is 60.3 Å². The van der Waals surface area contributed by atoms with Crippen LogP contribution in [0, 0.1) is 18.3 Å². The first-order chi connectivity index (χ1) is 11.3. The molecule has 2 aromatic carbocycles. The number of fused-ring (bicyclic) bond motifs is 1. The summed E-state index contributed by atoms with van der Waals surface area (Å²) >= 11 is 0. The van der Waals surface area contributed by atoms with Crippen molar-refractivity contribution in [2.45, 2.75) is 19.8 Å². The van der Waals surface area contributed by atoms with E-state index < -0.39 is 0 Å². The molecule has 3 nitrogen and oxygen atoms in total. The van der Waals surface area contributed by atoms with Crippen LogP contribution in [0.3, 0.4) is 0 Å². The number of nitrogens with zero attached hydrogens (tertiary/aromatic N) is 2. The molecule has 0 aliphatic rings. The summed E-state index contributed by atoms with van der Waals surface area (Å²) in [6.45, 7) is 2.65. The van der Waals surface area contributed by atoms with E-state index in [2.05, 4.69) is 54.4 Å². The van der Waals surface area contributed by atoms with Crippen LogP contribution >= 0.6 is 0 Å². The van der Waals surface area contributed by atoms with Gasteiger partial charge in [0.2, 0.25) is 5.88 Å². The van der Waals surface area contributed by atoms with Gasteiger partial charge >= 0.3 is 0 Å². The van der Waals surface area contributed by atoms with E-state index in [0.29, 0.717) is 18.9 Å². The second kappa shape index (κ2) is 6.93. The van der Waals surface area contributed by atoms with Crippen LogP contribution in [0.4, 0.5) is 0 Å². The smallest absolute Gasteiger partial charge is 0.213 e. The molecular weight excluding hydrogens is 284 g/mol. The minimum Gasteiger partial charge on any atom is -0.478 e. The minimum absolute atomic E-state index is 0.507. The monoisotopic (exact) mass is 302 g/mol. The molecule has 23 heavy (non-hydrogen) atoms. The van der Waals surface area contributed by atoms with Crippen molar-refractivity contribution >= 4 is 10.8 Å². The Morgan fingerprint density at radius 2 is 1.87 bits per heavy atom. The van der Waals surface area contributed by atoms with Gasteiger partial charge in [-0.25, -0.2) is 4.98 Å². The van der Waals surface area contributed by atoms with E-state index >= 15 is 0 Å². The largest absolute Gasteiger partial charge is 0.478 e. The Bertz CT molecular complexity index is 848. The summed E-state index contributed by atoms with van der Waals surface area (Å²) in [6, 6.07) is 18.7. The third-order valence-corrected chi connectivity index (χ3v) is 3.87. The highest BCUT2D eigenvalue weighted by atomic mass is 16.5. The van der Waals surface area contributed by atoms with Gasteiger partial charge in [0.05, 0.1) is 12.7 Å². The average molecular weight is 302 g/mol. The van der Waals surface area contributed by atoms with Crippen LogP contribution in [0.5, 0.6) is 5.88 Å².